The van der Waals surface area contributed by atoms with Gasteiger partial charge in [0.1, 0.15) is 11.3 Å². The molecule has 0 unspecified atom stereocenters. The van der Waals surface area contributed by atoms with E-state index in [-0.39, 0.29) is 12.5 Å². The zero-order valence-corrected chi connectivity index (χ0v) is 20.2. The second-order valence-corrected chi connectivity index (χ2v) is 8.75. The van der Waals surface area contributed by atoms with E-state index < -0.39 is 0 Å². The second kappa shape index (κ2) is 11.0. The van der Waals surface area contributed by atoms with Crippen molar-refractivity contribution in [2.24, 2.45) is 0 Å². The Morgan fingerprint density at radius 3 is 2.58 bits per heavy atom. The summed E-state index contributed by atoms with van der Waals surface area (Å²) in [6.07, 6.45) is 0. The predicted octanol–water partition coefficient (Wildman–Crippen LogP) is 3.71. The Balaban J connectivity index is 1.58. The zero-order chi connectivity index (χ0) is 23.2. The maximum absolute atomic E-state index is 13.3. The molecule has 1 fully saturated rings. The number of anilines is 1. The van der Waals surface area contributed by atoms with Crippen molar-refractivity contribution < 1.29 is 23.7 Å². The van der Waals surface area contributed by atoms with Gasteiger partial charge in [0.15, 0.2) is 23.2 Å². The van der Waals surface area contributed by atoms with Crippen molar-refractivity contribution in [1.29, 1.82) is 0 Å². The molecule has 1 amide bonds. The number of methoxy groups -OCH3 is 2. The lowest BCUT2D eigenvalue weighted by atomic mass is 10.3. The molecular weight excluding hydrogens is 466 g/mol. The molecule has 1 aliphatic heterocycles. The summed E-state index contributed by atoms with van der Waals surface area (Å²) >= 11 is 7.77. The van der Waals surface area contributed by atoms with E-state index in [1.54, 1.807) is 43.4 Å². The Bertz CT molecular complexity index is 1100. The molecule has 1 aromatic heterocycles. The molecule has 0 aliphatic carbocycles. The predicted molar refractivity (Wildman–Crippen MR) is 129 cm³/mol. The van der Waals surface area contributed by atoms with Crippen LogP contribution in [-0.2, 0) is 9.53 Å². The second-order valence-electron chi connectivity index (χ2n) is 7.36. The molecule has 10 heteroatoms. The third-order valence-electron chi connectivity index (χ3n) is 5.36. The number of thiazole rings is 1. The van der Waals surface area contributed by atoms with Gasteiger partial charge in [-0.15, -0.1) is 0 Å². The molecule has 33 heavy (non-hydrogen) atoms. The van der Waals surface area contributed by atoms with Gasteiger partial charge in [-0.05, 0) is 24.3 Å². The molecule has 2 heterocycles. The van der Waals surface area contributed by atoms with Crippen molar-refractivity contribution in [3.8, 4) is 17.2 Å². The van der Waals surface area contributed by atoms with Crippen LogP contribution in [0.3, 0.4) is 0 Å². The first-order chi connectivity index (χ1) is 16.1. The van der Waals surface area contributed by atoms with E-state index >= 15 is 0 Å². The molecule has 1 saturated heterocycles. The lowest BCUT2D eigenvalue weighted by molar-refractivity contribution is -0.120. The zero-order valence-electron chi connectivity index (χ0n) is 18.6. The molecule has 0 atom stereocenters. The summed E-state index contributed by atoms with van der Waals surface area (Å²) in [5.41, 5.74) is 0.639. The van der Waals surface area contributed by atoms with Gasteiger partial charge in [-0.1, -0.05) is 35.1 Å². The number of para-hydroxylation sites is 2. The van der Waals surface area contributed by atoms with Crippen LogP contribution < -0.4 is 19.1 Å². The highest BCUT2D eigenvalue weighted by Gasteiger charge is 2.24. The number of halogens is 1. The van der Waals surface area contributed by atoms with Crippen molar-refractivity contribution in [3.63, 3.8) is 0 Å². The highest BCUT2D eigenvalue weighted by Crippen LogP contribution is 2.38. The average Bonchev–Trinajstić information content (AvgIpc) is 3.30. The van der Waals surface area contributed by atoms with Crippen molar-refractivity contribution in [3.05, 3.63) is 41.4 Å². The summed E-state index contributed by atoms with van der Waals surface area (Å²) < 4.78 is 22.8. The van der Waals surface area contributed by atoms with Gasteiger partial charge < -0.3 is 18.9 Å². The van der Waals surface area contributed by atoms with Crippen LogP contribution in [0.2, 0.25) is 5.02 Å². The Kier molecular flexibility index (Phi) is 7.87. The monoisotopic (exact) mass is 491 g/mol. The van der Waals surface area contributed by atoms with E-state index in [1.165, 1.54) is 11.3 Å². The number of nitrogens with zero attached hydrogens (tertiary/aromatic N) is 3. The van der Waals surface area contributed by atoms with Gasteiger partial charge >= 0.3 is 0 Å². The molecular formula is C23H26ClN3O5S. The SMILES string of the molecule is COc1ccccc1OCC(=O)N(CCN1CCOCC1)c1nc2c(OC)ccc(Cl)c2s1. The number of carbonyl (C=O) groups is 1. The molecule has 0 N–H and O–H groups in total. The highest BCUT2D eigenvalue weighted by atomic mass is 35.5. The van der Waals surface area contributed by atoms with E-state index in [9.17, 15) is 4.79 Å². The minimum atomic E-state index is -0.205. The van der Waals surface area contributed by atoms with Gasteiger partial charge in [0.25, 0.3) is 5.91 Å². The van der Waals surface area contributed by atoms with Crippen molar-refractivity contribution in [1.82, 2.24) is 9.88 Å². The van der Waals surface area contributed by atoms with Crippen LogP contribution in [0.25, 0.3) is 10.2 Å². The molecule has 0 spiro atoms. The number of hydrogen-bond acceptors (Lipinski definition) is 8. The fraction of sp³-hybridized carbons (Fsp3) is 0.391. The minimum absolute atomic E-state index is 0.149. The number of hydrogen-bond donors (Lipinski definition) is 0. The van der Waals surface area contributed by atoms with E-state index in [0.717, 1.165) is 17.8 Å². The number of fused-ring (bicyclic) bond motifs is 1. The van der Waals surface area contributed by atoms with Crippen molar-refractivity contribution in [2.75, 3.05) is 65.1 Å². The van der Waals surface area contributed by atoms with Gasteiger partial charge in [-0.3, -0.25) is 14.6 Å². The van der Waals surface area contributed by atoms with Crippen LogP contribution in [0.5, 0.6) is 17.2 Å². The number of morpholine rings is 1. The van der Waals surface area contributed by atoms with Crippen LogP contribution in [0, 0.1) is 0 Å². The van der Waals surface area contributed by atoms with Crippen molar-refractivity contribution >= 4 is 44.2 Å². The molecule has 176 valence electrons. The van der Waals surface area contributed by atoms with E-state index in [1.807, 2.05) is 12.1 Å². The quantitative estimate of drug-likeness (QED) is 0.451. The molecule has 0 saturated carbocycles. The number of aromatic nitrogens is 1. The lowest BCUT2D eigenvalue weighted by Crippen LogP contribution is -2.44. The smallest absolute Gasteiger partial charge is 0.266 e. The van der Waals surface area contributed by atoms with Gasteiger partial charge in [0.2, 0.25) is 0 Å². The van der Waals surface area contributed by atoms with Gasteiger partial charge in [-0.2, -0.15) is 0 Å². The van der Waals surface area contributed by atoms with Crippen LogP contribution in [0.4, 0.5) is 5.13 Å². The van der Waals surface area contributed by atoms with E-state index in [4.69, 9.17) is 35.5 Å². The number of benzene rings is 2. The van der Waals surface area contributed by atoms with Gasteiger partial charge in [0, 0.05) is 26.2 Å². The summed E-state index contributed by atoms with van der Waals surface area (Å²) in [5, 5.41) is 1.12. The topological polar surface area (TPSA) is 73.4 Å². The third-order valence-corrected chi connectivity index (χ3v) is 6.90. The Labute approximate surface area is 201 Å². The summed E-state index contributed by atoms with van der Waals surface area (Å²) in [4.78, 5) is 22.0. The molecule has 0 bridgehead atoms. The van der Waals surface area contributed by atoms with Crippen LogP contribution >= 0.6 is 22.9 Å². The first kappa shape index (κ1) is 23.6. The minimum Gasteiger partial charge on any atom is -0.494 e. The third kappa shape index (κ3) is 5.50. The number of ether oxygens (including phenoxy) is 4. The first-order valence-electron chi connectivity index (χ1n) is 10.6. The Morgan fingerprint density at radius 2 is 1.85 bits per heavy atom. The normalized spacial score (nSPS) is 14.3. The molecule has 2 aromatic carbocycles. The van der Waals surface area contributed by atoms with E-state index in [0.29, 0.717) is 59.2 Å². The molecule has 3 aromatic rings. The fourth-order valence-electron chi connectivity index (χ4n) is 3.57. The molecule has 8 nitrogen and oxygen atoms in total. The summed E-state index contributed by atoms with van der Waals surface area (Å²) in [6.45, 7) is 4.07. The molecule has 1 aliphatic rings. The average molecular weight is 492 g/mol. The molecule has 4 rings (SSSR count). The fourth-order valence-corrected chi connectivity index (χ4v) is 4.87. The molecule has 0 radical (unpaired) electrons. The Morgan fingerprint density at radius 1 is 1.12 bits per heavy atom. The van der Waals surface area contributed by atoms with E-state index in [2.05, 4.69) is 4.90 Å². The lowest BCUT2D eigenvalue weighted by Gasteiger charge is -2.29. The van der Waals surface area contributed by atoms with Crippen LogP contribution in [0.15, 0.2) is 36.4 Å². The Hall–Kier alpha value is -2.59. The van der Waals surface area contributed by atoms with Gasteiger partial charge in [0.05, 0.1) is 37.2 Å². The summed E-state index contributed by atoms with van der Waals surface area (Å²) in [7, 11) is 3.15. The van der Waals surface area contributed by atoms with Crippen LogP contribution in [-0.4, -0.2) is 76.0 Å². The standard InChI is InChI=1S/C23H26ClN3O5S/c1-29-17-5-3-4-6-18(17)32-15-20(28)27(10-9-26-11-13-31-14-12-26)23-25-21-19(30-2)8-7-16(24)22(21)33-23/h3-8H,9-15H2,1-2H3. The van der Waals surface area contributed by atoms with Gasteiger partial charge in [-0.25, -0.2) is 4.98 Å². The largest absolute Gasteiger partial charge is 0.494 e. The highest BCUT2D eigenvalue weighted by molar-refractivity contribution is 7.23. The maximum Gasteiger partial charge on any atom is 0.266 e. The first-order valence-corrected chi connectivity index (χ1v) is 11.8. The number of rotatable bonds is 9. The summed E-state index contributed by atoms with van der Waals surface area (Å²) in [6, 6.07) is 10.8. The van der Waals surface area contributed by atoms with Crippen LogP contribution in [0.1, 0.15) is 0 Å². The maximum atomic E-state index is 13.3. The van der Waals surface area contributed by atoms with Crippen molar-refractivity contribution in [2.45, 2.75) is 0 Å². The summed E-state index contributed by atoms with van der Waals surface area (Å²) in [5.74, 6) is 1.49. The number of carbonyl (C=O) groups excluding carboxylic acids is 1. The number of amides is 1.